The Morgan fingerprint density at radius 1 is 0.796 bits per heavy atom. The van der Waals surface area contributed by atoms with Crippen molar-refractivity contribution in [3.8, 4) is 0 Å². The van der Waals surface area contributed by atoms with Gasteiger partial charge in [0.15, 0.2) is 11.5 Å². The summed E-state index contributed by atoms with van der Waals surface area (Å²) >= 11 is 0. The number of nitrogens with two attached hydrogens (primary N) is 2. The first-order chi connectivity index (χ1) is 25.9. The predicted octanol–water partition coefficient (Wildman–Crippen LogP) is 2.71. The van der Waals surface area contributed by atoms with Crippen molar-refractivity contribution in [2.45, 2.75) is 114 Å². The lowest BCUT2D eigenvalue weighted by molar-refractivity contribution is -0.0564. The highest BCUT2D eigenvalue weighted by atomic mass is 31.2. The summed E-state index contributed by atoms with van der Waals surface area (Å²) in [7, 11) is -9.54. The monoisotopic (exact) mass is 804 g/mol. The zero-order valence-corrected chi connectivity index (χ0v) is 31.6. The molecule has 2 aliphatic heterocycles. The Kier molecular flexibility index (Phi) is 15.5. The van der Waals surface area contributed by atoms with Crippen LogP contribution in [0.2, 0.25) is 0 Å². The summed E-state index contributed by atoms with van der Waals surface area (Å²) < 4.78 is 62.2. The smallest absolute Gasteiger partial charge is 0.396 e. The van der Waals surface area contributed by atoms with Crippen LogP contribution in [-0.4, -0.2) is 99.9 Å². The van der Waals surface area contributed by atoms with E-state index in [0.717, 1.165) is 62.4 Å². The van der Waals surface area contributed by atoms with Crippen LogP contribution in [0.5, 0.6) is 0 Å². The summed E-state index contributed by atoms with van der Waals surface area (Å²) in [6.45, 7) is -1.03. The lowest BCUT2D eigenvalue weighted by Gasteiger charge is -2.23. The van der Waals surface area contributed by atoms with E-state index in [4.69, 9.17) is 44.1 Å². The topological polar surface area (TPSA) is 301 Å². The number of phosphoric ester groups is 2. The maximum Gasteiger partial charge on any atom is 0.472 e. The second-order valence-corrected chi connectivity index (χ2v) is 16.0. The first-order valence-corrected chi connectivity index (χ1v) is 21.0. The third-order valence-corrected chi connectivity index (χ3v) is 11.2. The van der Waals surface area contributed by atoms with E-state index in [0.29, 0.717) is 17.6 Å². The fraction of sp³-hybridized carbons (Fsp3) is 0.710. The van der Waals surface area contributed by atoms with Crippen LogP contribution in [0.15, 0.2) is 29.7 Å². The quantitative estimate of drug-likeness (QED) is 0.0593. The van der Waals surface area contributed by atoms with E-state index < -0.39 is 71.4 Å². The number of rotatable bonds is 23. The third-order valence-electron chi connectivity index (χ3n) is 9.15. The number of fused-ring (bicyclic) bond motifs is 1. The van der Waals surface area contributed by atoms with E-state index in [1.807, 2.05) is 0 Å². The van der Waals surface area contributed by atoms with Crippen LogP contribution < -0.4 is 17.2 Å². The predicted molar refractivity (Wildman–Crippen MR) is 191 cm³/mol. The van der Waals surface area contributed by atoms with Crippen LogP contribution in [0.25, 0.3) is 11.2 Å². The van der Waals surface area contributed by atoms with Crippen LogP contribution in [0.1, 0.15) is 89.5 Å². The van der Waals surface area contributed by atoms with Crippen molar-refractivity contribution in [2.75, 3.05) is 37.9 Å². The molecule has 3 aromatic heterocycles. The van der Waals surface area contributed by atoms with Gasteiger partial charge in [0.1, 0.15) is 54.5 Å². The molecule has 0 spiro atoms. The number of aliphatic hydroxyl groups excluding tert-OH is 2. The number of phosphoric acid groups is 2. The number of hydrogen-bond acceptors (Lipinski definition) is 17. The normalized spacial score (nSPS) is 25.3. The molecule has 0 radical (unpaired) electrons. The van der Waals surface area contributed by atoms with E-state index in [1.165, 1.54) is 29.5 Å². The fourth-order valence-electron chi connectivity index (χ4n) is 6.38. The van der Waals surface area contributed by atoms with Crippen LogP contribution in [0, 0.1) is 0 Å². The van der Waals surface area contributed by atoms with E-state index in [1.54, 1.807) is 0 Å². The molecule has 5 rings (SSSR count). The van der Waals surface area contributed by atoms with Gasteiger partial charge in [-0.25, -0.2) is 28.9 Å². The number of nitrogens with zero attached hydrogens (tertiary/aromatic N) is 6. The molecule has 0 aliphatic carbocycles. The lowest BCUT2D eigenvalue weighted by atomic mass is 10.1. The van der Waals surface area contributed by atoms with Crippen molar-refractivity contribution < 1.29 is 56.7 Å². The molecule has 3 aromatic rings. The minimum absolute atomic E-state index is 0.00498. The zero-order chi connectivity index (χ0) is 38.7. The Morgan fingerprint density at radius 3 is 2.04 bits per heavy atom. The van der Waals surface area contributed by atoms with E-state index in [2.05, 4.69) is 19.9 Å². The largest absolute Gasteiger partial charge is 0.472 e. The summed E-state index contributed by atoms with van der Waals surface area (Å²) in [5.41, 5.74) is 11.4. The van der Waals surface area contributed by atoms with Crippen LogP contribution >= 0.6 is 15.6 Å². The molecule has 0 amide bonds. The van der Waals surface area contributed by atoms with Gasteiger partial charge < -0.3 is 40.9 Å². The maximum absolute atomic E-state index is 13.2. The molecule has 23 heteroatoms. The number of anilines is 2. The van der Waals surface area contributed by atoms with E-state index in [-0.39, 0.29) is 37.7 Å². The number of imidazole rings is 1. The molecule has 2 saturated heterocycles. The van der Waals surface area contributed by atoms with Gasteiger partial charge in [-0.05, 0) is 18.9 Å². The van der Waals surface area contributed by atoms with Crippen LogP contribution in [-0.2, 0) is 36.7 Å². The van der Waals surface area contributed by atoms with Gasteiger partial charge in [0.05, 0.1) is 26.1 Å². The number of unbranched alkanes of at least 4 members (excludes halogenated alkanes) is 9. The van der Waals surface area contributed by atoms with Gasteiger partial charge in [-0.15, -0.1) is 0 Å². The number of ether oxygens (including phenoxy) is 2. The molecule has 2 fully saturated rings. The van der Waals surface area contributed by atoms with Gasteiger partial charge in [0, 0.05) is 25.6 Å². The van der Waals surface area contributed by atoms with Crippen molar-refractivity contribution in [2.24, 2.45) is 0 Å². The summed E-state index contributed by atoms with van der Waals surface area (Å²) in [5.74, 6) is 0.122. The molecule has 5 heterocycles. The molecule has 8 N–H and O–H groups in total. The molecular formula is C31H50N8O13P2. The molecule has 8 atom stereocenters. The fourth-order valence-corrected chi connectivity index (χ4v) is 8.33. The van der Waals surface area contributed by atoms with Gasteiger partial charge >= 0.3 is 21.3 Å². The Hall–Kier alpha value is -2.91. The molecule has 302 valence electrons. The highest BCUT2D eigenvalue weighted by molar-refractivity contribution is 7.47. The van der Waals surface area contributed by atoms with Gasteiger partial charge in [0.25, 0.3) is 0 Å². The second-order valence-electron chi connectivity index (χ2n) is 13.2. The van der Waals surface area contributed by atoms with Crippen molar-refractivity contribution in [1.29, 1.82) is 0 Å². The summed E-state index contributed by atoms with van der Waals surface area (Å²) in [6, 6.07) is 1.37. The van der Waals surface area contributed by atoms with Gasteiger partial charge in [-0.3, -0.25) is 27.2 Å². The standard InChI is InChI=1S/C31H50N8O13P2/c32-25-11-12-38(31(42)37-25)26-15-21(23(17-41)49-26)51-54(45,46)48-18-24-22(16-27(50-24)39-20-36-28-29(33)34-19-35-30(28)39)52-53(43,44)47-14-10-8-6-4-2-1-3-5-7-9-13-40/h11-12,19-24,26-27,40-41H,1-10,13-18H2,(H,43,44)(H,45,46)(H2,32,37,42)(H2,33,34,35)/t21?,22-,23+,24+,26+,27+/m0/s1. The second kappa shape index (κ2) is 19.8. The van der Waals surface area contributed by atoms with Gasteiger partial charge in [-0.2, -0.15) is 4.98 Å². The van der Waals surface area contributed by atoms with Crippen molar-refractivity contribution in [3.63, 3.8) is 0 Å². The number of nitrogen functional groups attached to an aromatic ring is 2. The first kappa shape index (κ1) is 42.2. The minimum atomic E-state index is -4.91. The minimum Gasteiger partial charge on any atom is -0.396 e. The third kappa shape index (κ3) is 11.8. The van der Waals surface area contributed by atoms with Crippen LogP contribution in [0.3, 0.4) is 0 Å². The molecule has 0 aromatic carbocycles. The Balaban J connectivity index is 1.17. The molecule has 21 nitrogen and oxygen atoms in total. The molecule has 0 saturated carbocycles. The zero-order valence-electron chi connectivity index (χ0n) is 29.8. The van der Waals surface area contributed by atoms with Gasteiger partial charge in [-0.1, -0.05) is 51.4 Å². The Morgan fingerprint density at radius 2 is 1.39 bits per heavy atom. The summed E-state index contributed by atoms with van der Waals surface area (Å²) in [6.07, 6.45) is 7.04. The summed E-state index contributed by atoms with van der Waals surface area (Å²) in [5, 5.41) is 18.7. The number of aromatic nitrogens is 6. The van der Waals surface area contributed by atoms with Crippen LogP contribution in [0.4, 0.5) is 11.6 Å². The van der Waals surface area contributed by atoms with Crippen molar-refractivity contribution in [3.05, 3.63) is 35.4 Å². The van der Waals surface area contributed by atoms with Gasteiger partial charge in [0.2, 0.25) is 0 Å². The molecule has 3 unspecified atom stereocenters. The average Bonchev–Trinajstić information content (AvgIpc) is 3.84. The highest BCUT2D eigenvalue weighted by Gasteiger charge is 2.45. The Bertz CT molecular complexity index is 1800. The first-order valence-electron chi connectivity index (χ1n) is 18.0. The highest BCUT2D eigenvalue weighted by Crippen LogP contribution is 2.51. The average molecular weight is 805 g/mol. The number of hydrogen-bond donors (Lipinski definition) is 6. The molecule has 54 heavy (non-hydrogen) atoms. The van der Waals surface area contributed by atoms with E-state index >= 15 is 0 Å². The SMILES string of the molecule is Nc1ccn([C@H]2CC(OP(=O)(O)OC[C@H]3O[C@@H](n4cnc5c(N)ncnc54)C[C@@H]3OP(=O)(O)OCCCCCCCCCCCCO)[C@@H](CO)O2)c(=O)n1. The molecule has 2 aliphatic rings. The maximum atomic E-state index is 13.2. The lowest BCUT2D eigenvalue weighted by Crippen LogP contribution is -2.30. The van der Waals surface area contributed by atoms with Crippen molar-refractivity contribution >= 4 is 38.4 Å². The number of aliphatic hydroxyl groups is 2. The van der Waals surface area contributed by atoms with E-state index in [9.17, 15) is 28.8 Å². The Labute approximate surface area is 311 Å². The molecule has 0 bridgehead atoms. The molecular weight excluding hydrogens is 754 g/mol. The van der Waals surface area contributed by atoms with Crippen molar-refractivity contribution in [1.82, 2.24) is 29.1 Å². The summed E-state index contributed by atoms with van der Waals surface area (Å²) in [4.78, 5) is 49.7.